The summed E-state index contributed by atoms with van der Waals surface area (Å²) in [6.07, 6.45) is 2.51. The molecule has 1 atom stereocenters. The first-order valence-corrected chi connectivity index (χ1v) is 12.3. The number of fused-ring (bicyclic) bond motifs is 3. The van der Waals surface area contributed by atoms with Crippen molar-refractivity contribution in [1.82, 2.24) is 10.6 Å². The van der Waals surface area contributed by atoms with E-state index in [2.05, 4.69) is 22.8 Å². The topological polar surface area (TPSA) is 105 Å². The van der Waals surface area contributed by atoms with Gasteiger partial charge in [-0.25, -0.2) is 9.59 Å². The Morgan fingerprint density at radius 2 is 1.51 bits per heavy atom. The Balaban J connectivity index is 1.45. The van der Waals surface area contributed by atoms with Crippen LogP contribution in [0.25, 0.3) is 11.1 Å². The number of carboxylic acid groups (broad SMARTS) is 1. The highest BCUT2D eigenvalue weighted by Crippen LogP contribution is 2.44. The molecule has 0 unspecified atom stereocenters. The fourth-order valence-corrected chi connectivity index (χ4v) is 5.29. The Morgan fingerprint density at radius 3 is 2.03 bits per heavy atom. The van der Waals surface area contributed by atoms with Crippen LogP contribution in [-0.2, 0) is 14.3 Å². The van der Waals surface area contributed by atoms with Crippen molar-refractivity contribution in [3.63, 3.8) is 0 Å². The van der Waals surface area contributed by atoms with Gasteiger partial charge in [0.2, 0.25) is 5.91 Å². The van der Waals surface area contributed by atoms with E-state index in [-0.39, 0.29) is 12.5 Å². The Bertz CT molecular complexity index is 1070. The number of carbonyl (C=O) groups is 3. The van der Waals surface area contributed by atoms with Crippen LogP contribution in [0.2, 0.25) is 0 Å². The summed E-state index contributed by atoms with van der Waals surface area (Å²) in [6, 6.07) is 15.2. The number of carbonyl (C=O) groups excluding carboxylic acids is 2. The van der Waals surface area contributed by atoms with E-state index in [9.17, 15) is 19.5 Å². The summed E-state index contributed by atoms with van der Waals surface area (Å²) < 4.78 is 5.63. The lowest BCUT2D eigenvalue weighted by Crippen LogP contribution is -2.62. The van der Waals surface area contributed by atoms with E-state index in [1.54, 1.807) is 0 Å². The maximum absolute atomic E-state index is 13.2. The lowest BCUT2D eigenvalue weighted by Gasteiger charge is -2.37. The quantitative estimate of drug-likeness (QED) is 0.551. The van der Waals surface area contributed by atoms with Crippen molar-refractivity contribution in [3.8, 4) is 11.1 Å². The number of hydrogen-bond acceptors (Lipinski definition) is 4. The summed E-state index contributed by atoms with van der Waals surface area (Å²) in [5.41, 5.74) is 2.54. The Kier molecular flexibility index (Phi) is 6.88. The summed E-state index contributed by atoms with van der Waals surface area (Å²) in [5.74, 6) is -1.62. The third kappa shape index (κ3) is 5.04. The van der Waals surface area contributed by atoms with Gasteiger partial charge in [-0.05, 0) is 40.5 Å². The zero-order valence-corrected chi connectivity index (χ0v) is 20.6. The normalized spacial score (nSPS) is 17.6. The van der Waals surface area contributed by atoms with Crippen LogP contribution in [0.1, 0.15) is 69.9 Å². The molecule has 0 aliphatic heterocycles. The number of ether oxygens (including phenoxy) is 1. The van der Waals surface area contributed by atoms with Gasteiger partial charge in [-0.3, -0.25) is 4.79 Å². The van der Waals surface area contributed by atoms with Gasteiger partial charge >= 0.3 is 12.1 Å². The minimum atomic E-state index is -1.29. The largest absolute Gasteiger partial charge is 0.480 e. The van der Waals surface area contributed by atoms with Crippen LogP contribution >= 0.6 is 0 Å². The van der Waals surface area contributed by atoms with E-state index in [0.29, 0.717) is 12.8 Å². The average molecular weight is 479 g/mol. The van der Waals surface area contributed by atoms with Gasteiger partial charge in [0.05, 0.1) is 0 Å². The summed E-state index contributed by atoms with van der Waals surface area (Å²) in [4.78, 5) is 38.1. The molecule has 1 fully saturated rings. The number of aliphatic carboxylic acids is 1. The van der Waals surface area contributed by atoms with E-state index >= 15 is 0 Å². The third-order valence-corrected chi connectivity index (χ3v) is 7.21. The van der Waals surface area contributed by atoms with E-state index in [1.165, 1.54) is 0 Å². The maximum atomic E-state index is 13.2. The molecule has 0 radical (unpaired) electrons. The van der Waals surface area contributed by atoms with Crippen molar-refractivity contribution in [2.75, 3.05) is 6.61 Å². The van der Waals surface area contributed by atoms with Crippen molar-refractivity contribution in [1.29, 1.82) is 0 Å². The second-order valence-electron chi connectivity index (χ2n) is 10.7. The highest BCUT2D eigenvalue weighted by molar-refractivity contribution is 5.92. The molecule has 2 aromatic carbocycles. The minimum absolute atomic E-state index is 0.0902. The monoisotopic (exact) mass is 478 g/mol. The number of carboxylic acids is 1. The lowest BCUT2D eigenvalue weighted by molar-refractivity contribution is -0.150. The molecule has 0 bridgehead atoms. The van der Waals surface area contributed by atoms with E-state index < -0.39 is 35.0 Å². The van der Waals surface area contributed by atoms with Crippen molar-refractivity contribution in [2.24, 2.45) is 5.41 Å². The standard InChI is InChI=1S/C28H34N2O5/c1-27(2,3)23(24(31)30-28(25(32)33)15-9-4-10-16-28)29-26(34)35-17-22-20-13-7-5-11-18(20)19-12-6-8-14-21(19)22/h5-8,11-14,22-23H,4,9-10,15-17H2,1-3H3,(H,29,34)(H,30,31)(H,32,33)/t23-/m1/s1. The minimum Gasteiger partial charge on any atom is -0.480 e. The fourth-order valence-electron chi connectivity index (χ4n) is 5.29. The van der Waals surface area contributed by atoms with E-state index in [0.717, 1.165) is 41.5 Å². The van der Waals surface area contributed by atoms with Gasteiger partial charge in [-0.1, -0.05) is 88.6 Å². The molecule has 2 aliphatic rings. The van der Waals surface area contributed by atoms with Crippen molar-refractivity contribution >= 4 is 18.0 Å². The summed E-state index contributed by atoms with van der Waals surface area (Å²) >= 11 is 0. The molecular weight excluding hydrogens is 444 g/mol. The first kappa shape index (κ1) is 24.8. The number of rotatable bonds is 6. The Morgan fingerprint density at radius 1 is 0.971 bits per heavy atom. The number of nitrogens with one attached hydrogen (secondary N) is 2. The first-order chi connectivity index (χ1) is 16.6. The molecule has 0 aromatic heterocycles. The third-order valence-electron chi connectivity index (χ3n) is 7.21. The highest BCUT2D eigenvalue weighted by Gasteiger charge is 2.44. The molecule has 2 aliphatic carbocycles. The number of benzene rings is 2. The number of hydrogen-bond donors (Lipinski definition) is 3. The predicted molar refractivity (Wildman–Crippen MR) is 133 cm³/mol. The molecule has 186 valence electrons. The molecule has 2 aromatic rings. The van der Waals surface area contributed by atoms with Crippen LogP contribution in [-0.4, -0.2) is 41.3 Å². The zero-order valence-electron chi connectivity index (χ0n) is 20.6. The molecule has 7 heteroatoms. The molecular formula is C28H34N2O5. The Hall–Kier alpha value is -3.35. The highest BCUT2D eigenvalue weighted by atomic mass is 16.5. The zero-order chi connectivity index (χ0) is 25.2. The number of amides is 2. The molecule has 2 amide bonds. The maximum Gasteiger partial charge on any atom is 0.407 e. The van der Waals surface area contributed by atoms with E-state index in [1.807, 2.05) is 57.2 Å². The van der Waals surface area contributed by atoms with Crippen LogP contribution in [0.5, 0.6) is 0 Å². The second-order valence-corrected chi connectivity index (χ2v) is 10.7. The lowest BCUT2D eigenvalue weighted by atomic mass is 9.80. The van der Waals surface area contributed by atoms with Crippen molar-refractivity contribution < 1.29 is 24.2 Å². The first-order valence-electron chi connectivity index (χ1n) is 12.3. The smallest absolute Gasteiger partial charge is 0.407 e. The molecule has 3 N–H and O–H groups in total. The van der Waals surface area contributed by atoms with Crippen LogP contribution in [0, 0.1) is 5.41 Å². The molecule has 0 heterocycles. The van der Waals surface area contributed by atoms with Crippen LogP contribution in [0.4, 0.5) is 4.79 Å². The number of alkyl carbamates (subject to hydrolysis) is 1. The summed E-state index contributed by atoms with van der Waals surface area (Å²) in [7, 11) is 0. The Labute approximate surface area is 206 Å². The predicted octanol–water partition coefficient (Wildman–Crippen LogP) is 4.84. The summed E-state index contributed by atoms with van der Waals surface area (Å²) in [5, 5.41) is 15.3. The van der Waals surface area contributed by atoms with Gasteiger partial charge in [0, 0.05) is 5.92 Å². The molecule has 0 spiro atoms. The second kappa shape index (κ2) is 9.72. The summed E-state index contributed by atoms with van der Waals surface area (Å²) in [6.45, 7) is 5.62. The van der Waals surface area contributed by atoms with Gasteiger partial charge < -0.3 is 20.5 Å². The van der Waals surface area contributed by atoms with Gasteiger partial charge in [-0.2, -0.15) is 0 Å². The van der Waals surface area contributed by atoms with Crippen LogP contribution in [0.3, 0.4) is 0 Å². The average Bonchev–Trinajstić information content (AvgIpc) is 3.14. The van der Waals surface area contributed by atoms with Crippen LogP contribution in [0.15, 0.2) is 48.5 Å². The van der Waals surface area contributed by atoms with Crippen molar-refractivity contribution in [3.05, 3.63) is 59.7 Å². The van der Waals surface area contributed by atoms with Gasteiger partial charge in [-0.15, -0.1) is 0 Å². The van der Waals surface area contributed by atoms with Gasteiger partial charge in [0.25, 0.3) is 0 Å². The molecule has 35 heavy (non-hydrogen) atoms. The fraction of sp³-hybridized carbons (Fsp3) is 0.464. The van der Waals surface area contributed by atoms with Gasteiger partial charge in [0.1, 0.15) is 18.2 Å². The van der Waals surface area contributed by atoms with Crippen LogP contribution < -0.4 is 10.6 Å². The van der Waals surface area contributed by atoms with Gasteiger partial charge in [0.15, 0.2) is 0 Å². The molecule has 0 saturated heterocycles. The molecule has 7 nitrogen and oxygen atoms in total. The SMILES string of the molecule is CC(C)(C)[C@H](NC(=O)OCC1c2ccccc2-c2ccccc21)C(=O)NC1(C(=O)O)CCCCC1. The van der Waals surface area contributed by atoms with E-state index in [4.69, 9.17) is 4.74 Å². The molecule has 1 saturated carbocycles. The van der Waals surface area contributed by atoms with Crippen molar-refractivity contribution in [2.45, 2.75) is 70.4 Å². The molecule has 4 rings (SSSR count).